The first-order valence-corrected chi connectivity index (χ1v) is 1.36. The van der Waals surface area contributed by atoms with Gasteiger partial charge in [-0.2, -0.15) is 5.54 Å². The summed E-state index contributed by atoms with van der Waals surface area (Å²) in [5.74, 6) is 0. The van der Waals surface area contributed by atoms with Crippen LogP contribution in [0.3, 0.4) is 0 Å². The van der Waals surface area contributed by atoms with Crippen molar-refractivity contribution in [1.82, 2.24) is 5.54 Å². The molecular formula is C3H6FN. The molecule has 0 heterocycles. The predicted molar refractivity (Wildman–Crippen MR) is 19.3 cm³/mol. The van der Waals surface area contributed by atoms with Gasteiger partial charge in [0, 0.05) is 6.54 Å². The van der Waals surface area contributed by atoms with E-state index in [0.717, 1.165) is 0 Å². The number of hydrogen-bond acceptors (Lipinski definition) is 1. The second-order valence-electron chi connectivity index (χ2n) is 0.626. The smallest absolute Gasteiger partial charge is 0.0437 e. The molecule has 0 atom stereocenters. The summed E-state index contributed by atoms with van der Waals surface area (Å²) in [4.78, 5) is 0. The van der Waals surface area contributed by atoms with Crippen LogP contribution in [0.1, 0.15) is 0 Å². The standard InChI is InChI=1S/C3H6FN/c1-2-3-5-4/h2,5H,1,3H2. The molecule has 0 rings (SSSR count). The zero-order chi connectivity index (χ0) is 4.12. The van der Waals surface area contributed by atoms with E-state index >= 15 is 0 Å². The maximum absolute atomic E-state index is 10.7. The van der Waals surface area contributed by atoms with Gasteiger partial charge in [-0.1, -0.05) is 6.08 Å². The third-order valence-corrected chi connectivity index (χ3v) is 0.221. The normalized spacial score (nSPS) is 7.40. The molecular weight excluding hydrogens is 69.0 g/mol. The lowest BCUT2D eigenvalue weighted by Crippen LogP contribution is -1.95. The van der Waals surface area contributed by atoms with Crippen molar-refractivity contribution in [2.75, 3.05) is 6.54 Å². The van der Waals surface area contributed by atoms with Gasteiger partial charge in [-0.15, -0.1) is 11.1 Å². The van der Waals surface area contributed by atoms with E-state index in [-0.39, 0.29) is 6.54 Å². The van der Waals surface area contributed by atoms with Crippen molar-refractivity contribution in [3.05, 3.63) is 12.7 Å². The van der Waals surface area contributed by atoms with Crippen molar-refractivity contribution in [3.8, 4) is 0 Å². The summed E-state index contributed by atoms with van der Waals surface area (Å²) in [7, 11) is 0. The molecule has 0 amide bonds. The van der Waals surface area contributed by atoms with Gasteiger partial charge in [0.25, 0.3) is 0 Å². The SMILES string of the molecule is C=CCNF. The number of hydrogen-bond donors (Lipinski definition) is 1. The topological polar surface area (TPSA) is 12.0 Å². The minimum atomic E-state index is 0.236. The van der Waals surface area contributed by atoms with Crippen LogP contribution in [0.5, 0.6) is 0 Å². The molecule has 0 aromatic carbocycles. The Morgan fingerprint density at radius 3 is 2.60 bits per heavy atom. The van der Waals surface area contributed by atoms with E-state index in [1.807, 2.05) is 0 Å². The molecule has 0 saturated carbocycles. The third kappa shape index (κ3) is 3.63. The van der Waals surface area contributed by atoms with Crippen molar-refractivity contribution < 1.29 is 4.48 Å². The lowest BCUT2D eigenvalue weighted by Gasteiger charge is -1.74. The minimum absolute atomic E-state index is 0.236. The monoisotopic (exact) mass is 75.0 g/mol. The number of rotatable bonds is 2. The zero-order valence-electron chi connectivity index (χ0n) is 2.87. The molecule has 0 bridgehead atoms. The maximum Gasteiger partial charge on any atom is 0.0437 e. The minimum Gasteiger partial charge on any atom is -0.156 e. The Labute approximate surface area is 30.4 Å². The molecule has 0 saturated heterocycles. The fraction of sp³-hybridized carbons (Fsp3) is 0.333. The second-order valence-corrected chi connectivity index (χ2v) is 0.626. The quantitative estimate of drug-likeness (QED) is 0.375. The summed E-state index contributed by atoms with van der Waals surface area (Å²) in [5.41, 5.74) is 1.40. The number of halogens is 1. The van der Waals surface area contributed by atoms with E-state index < -0.39 is 0 Å². The molecule has 30 valence electrons. The molecule has 0 spiro atoms. The van der Waals surface area contributed by atoms with Crippen molar-refractivity contribution in [1.29, 1.82) is 0 Å². The highest BCUT2D eigenvalue weighted by molar-refractivity contribution is 4.65. The van der Waals surface area contributed by atoms with E-state index in [1.165, 1.54) is 11.6 Å². The first-order chi connectivity index (χ1) is 2.41. The molecule has 0 fully saturated rings. The van der Waals surface area contributed by atoms with Crippen molar-refractivity contribution >= 4 is 0 Å². The summed E-state index contributed by atoms with van der Waals surface area (Å²) in [5, 5.41) is 0. The highest BCUT2D eigenvalue weighted by Crippen LogP contribution is 1.53. The van der Waals surface area contributed by atoms with Crippen molar-refractivity contribution in [3.63, 3.8) is 0 Å². The third-order valence-electron chi connectivity index (χ3n) is 0.221. The van der Waals surface area contributed by atoms with Crippen LogP contribution < -0.4 is 5.54 Å². The Bertz CT molecular complexity index is 28.1. The van der Waals surface area contributed by atoms with Gasteiger partial charge in [0.05, 0.1) is 0 Å². The molecule has 0 aliphatic heterocycles. The summed E-state index contributed by atoms with van der Waals surface area (Å²) >= 11 is 0. The fourth-order valence-corrected chi connectivity index (χ4v) is 0.0546. The van der Waals surface area contributed by atoms with E-state index in [4.69, 9.17) is 0 Å². The largest absolute Gasteiger partial charge is 0.156 e. The Hall–Kier alpha value is -0.370. The molecule has 0 aliphatic rings. The average molecular weight is 75.1 g/mol. The summed E-state index contributed by atoms with van der Waals surface area (Å²) in [6.07, 6.45) is 1.44. The first-order valence-electron chi connectivity index (χ1n) is 1.36. The molecule has 5 heavy (non-hydrogen) atoms. The van der Waals surface area contributed by atoms with Gasteiger partial charge >= 0.3 is 0 Å². The van der Waals surface area contributed by atoms with Crippen LogP contribution in [0.4, 0.5) is 4.48 Å². The van der Waals surface area contributed by atoms with Crippen LogP contribution in [0.25, 0.3) is 0 Å². The predicted octanol–water partition coefficient (Wildman–Crippen LogP) is 0.647. The van der Waals surface area contributed by atoms with E-state index in [1.54, 1.807) is 0 Å². The van der Waals surface area contributed by atoms with E-state index in [9.17, 15) is 4.48 Å². The van der Waals surface area contributed by atoms with Crippen LogP contribution >= 0.6 is 0 Å². The molecule has 0 unspecified atom stereocenters. The van der Waals surface area contributed by atoms with Crippen LogP contribution in [0.15, 0.2) is 12.7 Å². The maximum atomic E-state index is 10.7. The van der Waals surface area contributed by atoms with Crippen LogP contribution in [0, 0.1) is 0 Å². The number of nitrogens with one attached hydrogen (secondary N) is 1. The molecule has 2 heteroatoms. The van der Waals surface area contributed by atoms with Gasteiger partial charge in [0.2, 0.25) is 0 Å². The highest BCUT2D eigenvalue weighted by atomic mass is 19.2. The lowest BCUT2D eigenvalue weighted by molar-refractivity contribution is 0.357. The zero-order valence-corrected chi connectivity index (χ0v) is 2.87. The fourth-order valence-electron chi connectivity index (χ4n) is 0.0546. The molecule has 1 nitrogen and oxygen atoms in total. The molecule has 1 N–H and O–H groups in total. The van der Waals surface area contributed by atoms with E-state index in [2.05, 4.69) is 6.58 Å². The molecule has 0 radical (unpaired) electrons. The Kier molecular flexibility index (Phi) is 3.36. The van der Waals surface area contributed by atoms with Crippen molar-refractivity contribution in [2.45, 2.75) is 0 Å². The van der Waals surface area contributed by atoms with E-state index in [0.29, 0.717) is 0 Å². The highest BCUT2D eigenvalue weighted by Gasteiger charge is 1.61. The van der Waals surface area contributed by atoms with Gasteiger partial charge in [-0.05, 0) is 0 Å². The van der Waals surface area contributed by atoms with Gasteiger partial charge < -0.3 is 0 Å². The van der Waals surface area contributed by atoms with Crippen LogP contribution in [0.2, 0.25) is 0 Å². The second kappa shape index (κ2) is 3.63. The Balaban J connectivity index is 2.40. The molecule has 0 aromatic rings. The Morgan fingerprint density at radius 2 is 2.60 bits per heavy atom. The van der Waals surface area contributed by atoms with Crippen LogP contribution in [-0.2, 0) is 0 Å². The van der Waals surface area contributed by atoms with Gasteiger partial charge in [-0.25, -0.2) is 0 Å². The molecule has 0 aliphatic carbocycles. The van der Waals surface area contributed by atoms with Crippen molar-refractivity contribution in [2.24, 2.45) is 0 Å². The Morgan fingerprint density at radius 1 is 2.00 bits per heavy atom. The van der Waals surface area contributed by atoms with Crippen LogP contribution in [-0.4, -0.2) is 6.54 Å². The summed E-state index contributed by atoms with van der Waals surface area (Å²) in [6.45, 7) is 3.48. The molecule has 0 aromatic heterocycles. The summed E-state index contributed by atoms with van der Waals surface area (Å²) in [6, 6.07) is 0. The van der Waals surface area contributed by atoms with Gasteiger partial charge in [0.15, 0.2) is 0 Å². The van der Waals surface area contributed by atoms with Gasteiger partial charge in [-0.3, -0.25) is 0 Å². The average Bonchev–Trinajstić information content (AvgIpc) is 1.41. The summed E-state index contributed by atoms with van der Waals surface area (Å²) < 4.78 is 10.7. The lowest BCUT2D eigenvalue weighted by atomic mass is 10.7. The van der Waals surface area contributed by atoms with Gasteiger partial charge in [0.1, 0.15) is 0 Å². The first kappa shape index (κ1) is 4.63.